The molecule has 0 saturated heterocycles. The van der Waals surface area contributed by atoms with Crippen LogP contribution in [0, 0.1) is 0 Å². The van der Waals surface area contributed by atoms with Crippen LogP contribution in [0.25, 0.3) is 0 Å². The molecule has 0 nitrogen and oxygen atoms in total. The molecule has 1 unspecified atom stereocenters. The molecule has 0 aliphatic heterocycles. The second-order valence-corrected chi connectivity index (χ2v) is 4.88. The molecule has 0 aromatic rings. The van der Waals surface area contributed by atoms with Gasteiger partial charge in [0.1, 0.15) is 0 Å². The van der Waals surface area contributed by atoms with Gasteiger partial charge in [0.15, 0.2) is 0 Å². The van der Waals surface area contributed by atoms with Gasteiger partial charge in [0, 0.05) is 0 Å². The quantitative estimate of drug-likeness (QED) is 0.381. The molecule has 1 rings (SSSR count). The third-order valence-electron chi connectivity index (χ3n) is 2.24. The average molecular weight is 205 g/mol. The number of hydrogen-bond acceptors (Lipinski definition) is 1. The zero-order chi connectivity index (χ0) is 8.81. The smallest absolute Gasteiger partial charge is 0.0518 e. The van der Waals surface area contributed by atoms with Gasteiger partial charge in [0.25, 0.3) is 0 Å². The highest BCUT2D eigenvalue weighted by molar-refractivity contribution is 7.98. The number of allylic oxidation sites excluding steroid dienone is 2. The van der Waals surface area contributed by atoms with Crippen molar-refractivity contribution in [2.24, 2.45) is 0 Å². The first-order valence-electron chi connectivity index (χ1n) is 4.65. The van der Waals surface area contributed by atoms with Crippen molar-refractivity contribution in [2.75, 3.05) is 12.0 Å². The maximum atomic E-state index is 6.04. The summed E-state index contributed by atoms with van der Waals surface area (Å²) in [5.41, 5.74) is 1.59. The van der Waals surface area contributed by atoms with E-state index in [9.17, 15) is 0 Å². The van der Waals surface area contributed by atoms with Gasteiger partial charge in [0.05, 0.1) is 5.38 Å². The van der Waals surface area contributed by atoms with Crippen LogP contribution in [0.3, 0.4) is 0 Å². The first-order chi connectivity index (χ1) is 5.83. The molecule has 0 amide bonds. The van der Waals surface area contributed by atoms with E-state index >= 15 is 0 Å². The molecule has 0 aromatic carbocycles. The summed E-state index contributed by atoms with van der Waals surface area (Å²) in [5, 5.41) is 0.322. The summed E-state index contributed by atoms with van der Waals surface area (Å²) in [4.78, 5) is 0. The van der Waals surface area contributed by atoms with E-state index in [0.717, 1.165) is 0 Å². The summed E-state index contributed by atoms with van der Waals surface area (Å²) in [6.45, 7) is 0. The lowest BCUT2D eigenvalue weighted by molar-refractivity contribution is 0.675. The van der Waals surface area contributed by atoms with E-state index in [-0.39, 0.29) is 0 Å². The van der Waals surface area contributed by atoms with Crippen LogP contribution in [0.1, 0.15) is 32.1 Å². The molecular formula is C10H17ClS. The molecule has 1 aliphatic carbocycles. The minimum absolute atomic E-state index is 0.322. The van der Waals surface area contributed by atoms with Crippen molar-refractivity contribution in [1.29, 1.82) is 0 Å². The van der Waals surface area contributed by atoms with Crippen LogP contribution in [0.5, 0.6) is 0 Å². The predicted molar refractivity (Wildman–Crippen MR) is 59.2 cm³/mol. The Bertz CT molecular complexity index is 154. The minimum atomic E-state index is 0.322. The van der Waals surface area contributed by atoms with E-state index in [1.165, 1.54) is 37.9 Å². The Morgan fingerprint density at radius 2 is 2.50 bits per heavy atom. The topological polar surface area (TPSA) is 0 Å². The Labute approximate surface area is 84.8 Å². The van der Waals surface area contributed by atoms with Crippen LogP contribution in [-0.4, -0.2) is 17.4 Å². The first kappa shape index (κ1) is 10.5. The van der Waals surface area contributed by atoms with Gasteiger partial charge in [-0.15, -0.1) is 11.6 Å². The second kappa shape index (κ2) is 5.93. The molecular weight excluding hydrogens is 188 g/mol. The number of rotatable bonds is 4. The molecule has 0 fully saturated rings. The van der Waals surface area contributed by atoms with E-state index in [1.54, 1.807) is 5.57 Å². The monoisotopic (exact) mass is 204 g/mol. The van der Waals surface area contributed by atoms with Crippen molar-refractivity contribution >= 4 is 23.4 Å². The number of alkyl halides is 1. The third-order valence-corrected chi connectivity index (χ3v) is 3.28. The third kappa shape index (κ3) is 3.86. The minimum Gasteiger partial charge on any atom is -0.165 e. The molecule has 0 aromatic heterocycles. The fourth-order valence-corrected chi connectivity index (χ4v) is 2.36. The predicted octanol–water partition coefficient (Wildman–Crippen LogP) is 3.85. The average Bonchev–Trinajstić information content (AvgIpc) is 2.05. The van der Waals surface area contributed by atoms with Crippen molar-refractivity contribution in [1.82, 2.24) is 0 Å². The zero-order valence-electron chi connectivity index (χ0n) is 7.68. The fourth-order valence-electron chi connectivity index (χ4n) is 1.60. The van der Waals surface area contributed by atoms with Crippen LogP contribution in [0.4, 0.5) is 0 Å². The molecule has 70 valence electrons. The summed E-state index contributed by atoms with van der Waals surface area (Å²) in [7, 11) is 0. The molecule has 0 spiro atoms. The lowest BCUT2D eigenvalue weighted by atomic mass is 9.96. The molecule has 1 aliphatic rings. The summed E-state index contributed by atoms with van der Waals surface area (Å²) in [6, 6.07) is 0. The van der Waals surface area contributed by atoms with E-state index in [0.29, 0.717) is 5.38 Å². The summed E-state index contributed by atoms with van der Waals surface area (Å²) in [5.74, 6) is 1.28. The van der Waals surface area contributed by atoms with Crippen LogP contribution in [0.15, 0.2) is 11.6 Å². The standard InChI is InChI=1S/C10H17ClS/c1-12-7-3-5-9-4-2-6-10(11)8-9/h8,10H,2-7H2,1H3. The van der Waals surface area contributed by atoms with E-state index < -0.39 is 0 Å². The zero-order valence-corrected chi connectivity index (χ0v) is 9.26. The van der Waals surface area contributed by atoms with Crippen molar-refractivity contribution in [3.8, 4) is 0 Å². The maximum Gasteiger partial charge on any atom is 0.0518 e. The largest absolute Gasteiger partial charge is 0.165 e. The van der Waals surface area contributed by atoms with E-state index in [1.807, 2.05) is 11.8 Å². The highest BCUT2D eigenvalue weighted by Gasteiger charge is 2.09. The van der Waals surface area contributed by atoms with Crippen LogP contribution in [-0.2, 0) is 0 Å². The highest BCUT2D eigenvalue weighted by atomic mass is 35.5. The molecule has 0 radical (unpaired) electrons. The lowest BCUT2D eigenvalue weighted by Gasteiger charge is -2.15. The van der Waals surface area contributed by atoms with E-state index in [2.05, 4.69) is 12.3 Å². The van der Waals surface area contributed by atoms with Gasteiger partial charge in [-0.25, -0.2) is 0 Å². The summed E-state index contributed by atoms with van der Waals surface area (Å²) < 4.78 is 0. The Morgan fingerprint density at radius 3 is 3.17 bits per heavy atom. The van der Waals surface area contributed by atoms with Crippen LogP contribution in [0.2, 0.25) is 0 Å². The second-order valence-electron chi connectivity index (χ2n) is 3.33. The van der Waals surface area contributed by atoms with Gasteiger partial charge in [-0.2, -0.15) is 11.8 Å². The van der Waals surface area contributed by atoms with Crippen molar-refractivity contribution in [3.05, 3.63) is 11.6 Å². The molecule has 1 atom stereocenters. The molecule has 0 heterocycles. The van der Waals surface area contributed by atoms with Gasteiger partial charge in [-0.1, -0.05) is 11.6 Å². The Balaban J connectivity index is 2.21. The van der Waals surface area contributed by atoms with Crippen molar-refractivity contribution < 1.29 is 0 Å². The summed E-state index contributed by atoms with van der Waals surface area (Å²) in [6.07, 6.45) is 10.8. The first-order valence-corrected chi connectivity index (χ1v) is 6.48. The number of halogens is 1. The van der Waals surface area contributed by atoms with Gasteiger partial charge in [-0.05, 0) is 44.1 Å². The van der Waals surface area contributed by atoms with Gasteiger partial charge in [-0.3, -0.25) is 0 Å². The lowest BCUT2D eigenvalue weighted by Crippen LogP contribution is -2.03. The maximum absolute atomic E-state index is 6.04. The van der Waals surface area contributed by atoms with Gasteiger partial charge < -0.3 is 0 Å². The Hall–Kier alpha value is 0.380. The number of thioether (sulfide) groups is 1. The van der Waals surface area contributed by atoms with Crippen molar-refractivity contribution in [3.63, 3.8) is 0 Å². The number of hydrogen-bond donors (Lipinski definition) is 0. The van der Waals surface area contributed by atoms with Gasteiger partial charge in [0.2, 0.25) is 0 Å². The molecule has 2 heteroatoms. The van der Waals surface area contributed by atoms with E-state index in [4.69, 9.17) is 11.6 Å². The molecule has 12 heavy (non-hydrogen) atoms. The Morgan fingerprint density at radius 1 is 1.67 bits per heavy atom. The molecule has 0 saturated carbocycles. The van der Waals surface area contributed by atoms with Gasteiger partial charge >= 0.3 is 0 Å². The van der Waals surface area contributed by atoms with Crippen LogP contribution < -0.4 is 0 Å². The van der Waals surface area contributed by atoms with Crippen LogP contribution >= 0.6 is 23.4 Å². The fraction of sp³-hybridized carbons (Fsp3) is 0.800. The molecule has 0 N–H and O–H groups in total. The highest BCUT2D eigenvalue weighted by Crippen LogP contribution is 2.24. The molecule has 0 bridgehead atoms. The van der Waals surface area contributed by atoms with Crippen molar-refractivity contribution in [2.45, 2.75) is 37.5 Å². The summed E-state index contributed by atoms with van der Waals surface area (Å²) >= 11 is 7.97. The Kier molecular flexibility index (Phi) is 5.17. The normalized spacial score (nSPS) is 23.8. The SMILES string of the molecule is CSCCCC1=CC(Cl)CCC1.